The van der Waals surface area contributed by atoms with Gasteiger partial charge in [-0.05, 0) is 29.7 Å². The van der Waals surface area contributed by atoms with E-state index in [-0.39, 0.29) is 18.8 Å². The molecule has 0 spiro atoms. The van der Waals surface area contributed by atoms with Gasteiger partial charge >= 0.3 is 12.0 Å². The first-order valence-electron chi connectivity index (χ1n) is 7.47. The Balaban J connectivity index is 2.52. The second kappa shape index (κ2) is 7.82. The average molecular weight is 341 g/mol. The molecule has 0 heterocycles. The van der Waals surface area contributed by atoms with Crippen LogP contribution in [-0.2, 0) is 11.2 Å². The predicted octanol–water partition coefficient (Wildman–Crippen LogP) is 1.77. The molecule has 0 aliphatic carbocycles. The molecule has 0 radical (unpaired) electrons. The van der Waals surface area contributed by atoms with E-state index in [0.29, 0.717) is 22.5 Å². The Morgan fingerprint density at radius 3 is 2.44 bits per heavy atom. The predicted molar refractivity (Wildman–Crippen MR) is 96.5 cm³/mol. The Kier molecular flexibility index (Phi) is 5.57. The number of primary amides is 1. The number of amides is 2. The lowest BCUT2D eigenvalue weighted by Gasteiger charge is -2.15. The monoisotopic (exact) mass is 341 g/mol. The number of urea groups is 1. The Labute approximate surface area is 144 Å². The fourth-order valence-corrected chi connectivity index (χ4v) is 2.45. The number of benzene rings is 2. The van der Waals surface area contributed by atoms with E-state index in [0.717, 1.165) is 5.56 Å². The van der Waals surface area contributed by atoms with Gasteiger partial charge in [0.1, 0.15) is 0 Å². The summed E-state index contributed by atoms with van der Waals surface area (Å²) in [5, 5.41) is 11.5. The van der Waals surface area contributed by atoms with Gasteiger partial charge in [-0.25, -0.2) is 9.79 Å². The molecule has 8 N–H and O–H groups in total. The highest BCUT2D eigenvalue weighted by Crippen LogP contribution is 2.33. The SMILES string of the molecule is NC(=O)Nc1c(CCC(=O)O)cccc1-c1cccc(N=C(N)N)c1. The maximum Gasteiger partial charge on any atom is 0.316 e. The van der Waals surface area contributed by atoms with Crippen LogP contribution in [0.5, 0.6) is 0 Å². The van der Waals surface area contributed by atoms with E-state index in [4.69, 9.17) is 22.3 Å². The van der Waals surface area contributed by atoms with Gasteiger partial charge in [0.25, 0.3) is 0 Å². The van der Waals surface area contributed by atoms with E-state index >= 15 is 0 Å². The summed E-state index contributed by atoms with van der Waals surface area (Å²) in [6.07, 6.45) is 0.192. The van der Waals surface area contributed by atoms with Crippen molar-refractivity contribution in [3.05, 3.63) is 48.0 Å². The molecule has 0 atom stereocenters. The first kappa shape index (κ1) is 17.8. The van der Waals surface area contributed by atoms with Crippen molar-refractivity contribution in [1.29, 1.82) is 0 Å². The largest absolute Gasteiger partial charge is 0.481 e. The van der Waals surface area contributed by atoms with Crippen LogP contribution in [0.15, 0.2) is 47.5 Å². The Bertz CT molecular complexity index is 829. The van der Waals surface area contributed by atoms with Crippen LogP contribution in [0.2, 0.25) is 0 Å². The van der Waals surface area contributed by atoms with E-state index in [9.17, 15) is 9.59 Å². The van der Waals surface area contributed by atoms with Gasteiger partial charge in [0, 0.05) is 12.0 Å². The van der Waals surface area contributed by atoms with Gasteiger partial charge in [-0.1, -0.05) is 30.3 Å². The minimum Gasteiger partial charge on any atom is -0.481 e. The van der Waals surface area contributed by atoms with Crippen molar-refractivity contribution < 1.29 is 14.7 Å². The standard InChI is InChI=1S/C17H19N5O3/c18-16(19)21-12-5-1-4-11(9-12)13-6-2-3-10(7-8-14(23)24)15(13)22-17(20)25/h1-6,9H,7-8H2,(H,23,24)(H4,18,19,21)(H3,20,22,25). The second-order valence-corrected chi connectivity index (χ2v) is 5.31. The van der Waals surface area contributed by atoms with Crippen LogP contribution in [0.1, 0.15) is 12.0 Å². The number of nitrogens with one attached hydrogen (secondary N) is 1. The number of aliphatic carboxylic acids is 1. The molecule has 8 heteroatoms. The highest BCUT2D eigenvalue weighted by molar-refractivity contribution is 5.95. The van der Waals surface area contributed by atoms with Gasteiger partial charge in [0.05, 0.1) is 11.4 Å². The van der Waals surface area contributed by atoms with Crippen molar-refractivity contribution in [1.82, 2.24) is 0 Å². The minimum atomic E-state index is -0.926. The van der Waals surface area contributed by atoms with E-state index in [1.807, 2.05) is 6.07 Å². The number of aryl methyl sites for hydroxylation is 1. The molecule has 8 nitrogen and oxygen atoms in total. The van der Waals surface area contributed by atoms with Crippen molar-refractivity contribution in [2.45, 2.75) is 12.8 Å². The van der Waals surface area contributed by atoms with Crippen LogP contribution in [0.3, 0.4) is 0 Å². The Morgan fingerprint density at radius 1 is 1.08 bits per heavy atom. The van der Waals surface area contributed by atoms with Crippen LogP contribution >= 0.6 is 0 Å². The normalized spacial score (nSPS) is 10.1. The summed E-state index contributed by atoms with van der Waals surface area (Å²) < 4.78 is 0. The number of rotatable bonds is 6. The van der Waals surface area contributed by atoms with Crippen molar-refractivity contribution in [2.75, 3.05) is 5.32 Å². The lowest BCUT2D eigenvalue weighted by molar-refractivity contribution is -0.136. The van der Waals surface area contributed by atoms with Gasteiger partial charge in [0.2, 0.25) is 0 Å². The zero-order valence-corrected chi connectivity index (χ0v) is 13.4. The molecule has 2 aromatic rings. The van der Waals surface area contributed by atoms with Crippen LogP contribution in [-0.4, -0.2) is 23.1 Å². The number of hydrogen-bond donors (Lipinski definition) is 5. The quantitative estimate of drug-likeness (QED) is 0.399. The third-order valence-electron chi connectivity index (χ3n) is 3.42. The molecular weight excluding hydrogens is 322 g/mol. The van der Waals surface area contributed by atoms with Gasteiger partial charge in [-0.3, -0.25) is 4.79 Å². The van der Waals surface area contributed by atoms with E-state index in [1.165, 1.54) is 0 Å². The van der Waals surface area contributed by atoms with Crippen molar-refractivity contribution in [3.63, 3.8) is 0 Å². The van der Waals surface area contributed by atoms with E-state index in [2.05, 4.69) is 10.3 Å². The fraction of sp³-hybridized carbons (Fsp3) is 0.118. The van der Waals surface area contributed by atoms with Crippen LogP contribution in [0.25, 0.3) is 11.1 Å². The zero-order valence-electron chi connectivity index (χ0n) is 13.4. The highest BCUT2D eigenvalue weighted by Gasteiger charge is 2.13. The molecule has 0 fully saturated rings. The third-order valence-corrected chi connectivity index (χ3v) is 3.42. The lowest BCUT2D eigenvalue weighted by Crippen LogP contribution is -2.21. The molecule has 0 unspecified atom stereocenters. The summed E-state index contributed by atoms with van der Waals surface area (Å²) in [4.78, 5) is 26.3. The fourth-order valence-electron chi connectivity index (χ4n) is 2.45. The number of nitrogens with zero attached hydrogens (tertiary/aromatic N) is 1. The van der Waals surface area contributed by atoms with Crippen molar-refractivity contribution in [2.24, 2.45) is 22.2 Å². The number of anilines is 1. The second-order valence-electron chi connectivity index (χ2n) is 5.31. The number of carbonyl (C=O) groups excluding carboxylic acids is 1. The summed E-state index contributed by atoms with van der Waals surface area (Å²) >= 11 is 0. The number of carboxylic acid groups (broad SMARTS) is 1. The maximum absolute atomic E-state index is 11.4. The number of aliphatic imine (C=N–C) groups is 1. The molecule has 0 aliphatic heterocycles. The first-order valence-corrected chi connectivity index (χ1v) is 7.47. The zero-order chi connectivity index (χ0) is 18.4. The molecule has 2 aromatic carbocycles. The molecule has 0 aromatic heterocycles. The van der Waals surface area contributed by atoms with Gasteiger partial charge in [0.15, 0.2) is 5.96 Å². The van der Waals surface area contributed by atoms with Crippen LogP contribution < -0.4 is 22.5 Å². The van der Waals surface area contributed by atoms with Gasteiger partial charge in [-0.2, -0.15) is 0 Å². The number of guanidine groups is 1. The molecule has 25 heavy (non-hydrogen) atoms. The van der Waals surface area contributed by atoms with Crippen molar-refractivity contribution >= 4 is 29.3 Å². The molecule has 0 aliphatic rings. The van der Waals surface area contributed by atoms with Crippen LogP contribution in [0.4, 0.5) is 16.2 Å². The molecule has 0 saturated carbocycles. The van der Waals surface area contributed by atoms with Gasteiger partial charge in [-0.15, -0.1) is 0 Å². The summed E-state index contributed by atoms with van der Waals surface area (Å²) in [6, 6.07) is 11.7. The highest BCUT2D eigenvalue weighted by atomic mass is 16.4. The van der Waals surface area contributed by atoms with E-state index in [1.54, 1.807) is 36.4 Å². The first-order chi connectivity index (χ1) is 11.9. The third kappa shape index (κ3) is 4.96. The molecule has 0 saturated heterocycles. The number of carbonyl (C=O) groups is 2. The number of para-hydroxylation sites is 1. The molecule has 0 bridgehead atoms. The Morgan fingerprint density at radius 2 is 1.80 bits per heavy atom. The van der Waals surface area contributed by atoms with E-state index < -0.39 is 12.0 Å². The topological polar surface area (TPSA) is 157 Å². The lowest BCUT2D eigenvalue weighted by atomic mass is 9.97. The average Bonchev–Trinajstić information content (AvgIpc) is 2.52. The van der Waals surface area contributed by atoms with Crippen LogP contribution in [0, 0.1) is 0 Å². The summed E-state index contributed by atoms with van der Waals surface area (Å²) in [5.41, 5.74) is 19.2. The molecular formula is C17H19N5O3. The number of carboxylic acids is 1. The Hall–Kier alpha value is -3.55. The number of hydrogen-bond acceptors (Lipinski definition) is 3. The molecule has 130 valence electrons. The molecule has 2 rings (SSSR count). The maximum atomic E-state index is 11.4. The summed E-state index contributed by atoms with van der Waals surface area (Å²) in [5.74, 6) is -0.993. The van der Waals surface area contributed by atoms with Crippen molar-refractivity contribution in [3.8, 4) is 11.1 Å². The van der Waals surface area contributed by atoms with Gasteiger partial charge < -0.3 is 27.6 Å². The number of nitrogens with two attached hydrogens (primary N) is 3. The minimum absolute atomic E-state index is 0.0645. The molecule has 2 amide bonds. The smallest absolute Gasteiger partial charge is 0.316 e. The summed E-state index contributed by atoms with van der Waals surface area (Å²) in [7, 11) is 0. The summed E-state index contributed by atoms with van der Waals surface area (Å²) in [6.45, 7) is 0.